The number of hydrogen-bond donors (Lipinski definition) is 1. The lowest BCUT2D eigenvalue weighted by Gasteiger charge is -2.26. The van der Waals surface area contributed by atoms with Crippen molar-refractivity contribution in [3.05, 3.63) is 59.3 Å². The highest BCUT2D eigenvalue weighted by atomic mass is 79.9. The minimum absolute atomic E-state index is 0.243. The van der Waals surface area contributed by atoms with Gasteiger partial charge in [-0.15, -0.1) is 0 Å². The first-order chi connectivity index (χ1) is 13.7. The van der Waals surface area contributed by atoms with Crippen LogP contribution in [0.25, 0.3) is 33.5 Å². The van der Waals surface area contributed by atoms with E-state index >= 15 is 0 Å². The average Bonchev–Trinajstić information content (AvgIpc) is 3.33. The lowest BCUT2D eigenvalue weighted by molar-refractivity contribution is 0.351. The lowest BCUT2D eigenvalue weighted by Crippen LogP contribution is -2.14. The molecule has 5 rings (SSSR count). The Morgan fingerprint density at radius 2 is 1.82 bits per heavy atom. The summed E-state index contributed by atoms with van der Waals surface area (Å²) in [7, 11) is 0. The summed E-state index contributed by atoms with van der Waals surface area (Å²) in [6.07, 6.45) is 9.79. The van der Waals surface area contributed by atoms with E-state index in [1.807, 2.05) is 18.5 Å². The van der Waals surface area contributed by atoms with Crippen molar-refractivity contribution in [2.24, 2.45) is 0 Å². The molecule has 3 heterocycles. The first kappa shape index (κ1) is 17.6. The standard InChI is InChI=1S/C22H20BrFN4/c23-22-27-19(14-6-8-15(24)9-7-14)20(28(22)16-4-2-1-3-5-16)17-10-12-25-21-18(17)11-13-26-21/h6-13,16H,1-5H2,(H,25,26). The van der Waals surface area contributed by atoms with Gasteiger partial charge in [0.25, 0.3) is 0 Å². The molecule has 0 aliphatic heterocycles. The highest BCUT2D eigenvalue weighted by Crippen LogP contribution is 2.42. The van der Waals surface area contributed by atoms with Crippen molar-refractivity contribution in [2.45, 2.75) is 38.1 Å². The van der Waals surface area contributed by atoms with Gasteiger partial charge in [0.15, 0.2) is 4.73 Å². The topological polar surface area (TPSA) is 46.5 Å². The zero-order valence-corrected chi connectivity index (χ0v) is 16.9. The summed E-state index contributed by atoms with van der Waals surface area (Å²) in [6, 6.07) is 11.1. The number of hydrogen-bond acceptors (Lipinski definition) is 2. The van der Waals surface area contributed by atoms with Crippen molar-refractivity contribution < 1.29 is 4.39 Å². The number of fused-ring (bicyclic) bond motifs is 1. The van der Waals surface area contributed by atoms with E-state index in [4.69, 9.17) is 4.98 Å². The van der Waals surface area contributed by atoms with Crippen molar-refractivity contribution in [2.75, 3.05) is 0 Å². The van der Waals surface area contributed by atoms with E-state index in [1.54, 1.807) is 12.1 Å². The number of halogens is 2. The van der Waals surface area contributed by atoms with Crippen LogP contribution in [0.3, 0.4) is 0 Å². The van der Waals surface area contributed by atoms with Crippen LogP contribution in [0.2, 0.25) is 0 Å². The van der Waals surface area contributed by atoms with Gasteiger partial charge in [-0.25, -0.2) is 14.4 Å². The fourth-order valence-electron chi connectivity index (χ4n) is 4.31. The second-order valence-corrected chi connectivity index (χ2v) is 8.05. The molecule has 1 fully saturated rings. The largest absolute Gasteiger partial charge is 0.346 e. The average molecular weight is 439 g/mol. The van der Waals surface area contributed by atoms with Crippen molar-refractivity contribution >= 4 is 27.0 Å². The predicted octanol–water partition coefficient (Wildman–Crippen LogP) is 6.50. The van der Waals surface area contributed by atoms with Crippen LogP contribution in [0, 0.1) is 5.82 Å². The Bertz CT molecular complexity index is 1120. The van der Waals surface area contributed by atoms with Gasteiger partial charge in [-0.05, 0) is 65.2 Å². The minimum atomic E-state index is -0.243. The fourth-order valence-corrected chi connectivity index (χ4v) is 4.96. The van der Waals surface area contributed by atoms with Crippen molar-refractivity contribution in [3.8, 4) is 22.5 Å². The third kappa shape index (κ3) is 2.96. The molecular formula is C22H20BrFN4. The number of aromatic amines is 1. The third-order valence-corrected chi connectivity index (χ3v) is 6.20. The zero-order valence-electron chi connectivity index (χ0n) is 15.3. The Morgan fingerprint density at radius 1 is 1.04 bits per heavy atom. The first-order valence-electron chi connectivity index (χ1n) is 9.68. The maximum Gasteiger partial charge on any atom is 0.178 e. The van der Waals surface area contributed by atoms with Crippen LogP contribution >= 0.6 is 15.9 Å². The van der Waals surface area contributed by atoms with E-state index in [0.717, 1.165) is 51.1 Å². The molecular weight excluding hydrogens is 419 g/mol. The van der Waals surface area contributed by atoms with Gasteiger partial charge in [0.1, 0.15) is 11.5 Å². The molecule has 0 amide bonds. The van der Waals surface area contributed by atoms with Crippen LogP contribution in [0.4, 0.5) is 4.39 Å². The zero-order chi connectivity index (χ0) is 19.1. The van der Waals surface area contributed by atoms with Gasteiger partial charge in [-0.3, -0.25) is 0 Å². The van der Waals surface area contributed by atoms with E-state index in [0.29, 0.717) is 6.04 Å². The molecule has 28 heavy (non-hydrogen) atoms. The summed E-state index contributed by atoms with van der Waals surface area (Å²) >= 11 is 3.72. The Labute approximate surface area is 171 Å². The van der Waals surface area contributed by atoms with Gasteiger partial charge in [0.05, 0.1) is 11.4 Å². The van der Waals surface area contributed by atoms with Crippen LogP contribution in [0.15, 0.2) is 53.5 Å². The van der Waals surface area contributed by atoms with E-state index in [1.165, 1.54) is 31.4 Å². The molecule has 1 aliphatic carbocycles. The number of benzene rings is 1. The Balaban J connectivity index is 1.78. The predicted molar refractivity (Wildman–Crippen MR) is 113 cm³/mol. The fraction of sp³-hybridized carbons (Fsp3) is 0.273. The summed E-state index contributed by atoms with van der Waals surface area (Å²) in [6.45, 7) is 0. The van der Waals surface area contributed by atoms with E-state index in [2.05, 4.69) is 36.5 Å². The number of pyridine rings is 1. The van der Waals surface area contributed by atoms with Gasteiger partial charge < -0.3 is 9.55 Å². The van der Waals surface area contributed by atoms with Gasteiger partial charge >= 0.3 is 0 Å². The molecule has 0 saturated heterocycles. The molecule has 0 atom stereocenters. The van der Waals surface area contributed by atoms with Crippen molar-refractivity contribution in [3.63, 3.8) is 0 Å². The smallest absolute Gasteiger partial charge is 0.178 e. The molecule has 1 aromatic carbocycles. The molecule has 1 aliphatic rings. The molecule has 1 N–H and O–H groups in total. The summed E-state index contributed by atoms with van der Waals surface area (Å²) in [4.78, 5) is 12.5. The summed E-state index contributed by atoms with van der Waals surface area (Å²) in [5.74, 6) is -0.243. The molecule has 1 saturated carbocycles. The monoisotopic (exact) mass is 438 g/mol. The lowest BCUT2D eigenvalue weighted by atomic mass is 9.94. The van der Waals surface area contributed by atoms with Crippen molar-refractivity contribution in [1.82, 2.24) is 19.5 Å². The maximum absolute atomic E-state index is 13.5. The number of nitrogens with one attached hydrogen (secondary N) is 1. The molecule has 0 spiro atoms. The number of rotatable bonds is 3. The van der Waals surface area contributed by atoms with Gasteiger partial charge in [-0.1, -0.05) is 19.3 Å². The quantitative estimate of drug-likeness (QED) is 0.396. The maximum atomic E-state index is 13.5. The number of nitrogens with zero attached hydrogens (tertiary/aromatic N) is 3. The SMILES string of the molecule is Fc1ccc(-c2nc(Br)n(C3CCCCC3)c2-c2ccnc3[nH]ccc23)cc1. The van der Waals surface area contributed by atoms with E-state index in [-0.39, 0.29) is 5.82 Å². The first-order valence-corrected chi connectivity index (χ1v) is 10.5. The second kappa shape index (κ2) is 7.17. The van der Waals surface area contributed by atoms with Gasteiger partial charge in [0, 0.05) is 34.9 Å². The summed E-state index contributed by atoms with van der Waals surface area (Å²) in [5.41, 5.74) is 4.79. The normalized spacial score (nSPS) is 15.4. The molecule has 3 aromatic heterocycles. The molecule has 0 radical (unpaired) electrons. The molecule has 0 unspecified atom stereocenters. The highest BCUT2D eigenvalue weighted by molar-refractivity contribution is 9.10. The minimum Gasteiger partial charge on any atom is -0.346 e. The van der Waals surface area contributed by atoms with Gasteiger partial charge in [0.2, 0.25) is 0 Å². The molecule has 6 heteroatoms. The van der Waals surface area contributed by atoms with E-state index < -0.39 is 0 Å². The molecule has 0 bridgehead atoms. The second-order valence-electron chi connectivity index (χ2n) is 7.35. The van der Waals surface area contributed by atoms with Crippen LogP contribution in [-0.4, -0.2) is 19.5 Å². The highest BCUT2D eigenvalue weighted by Gasteiger charge is 2.26. The van der Waals surface area contributed by atoms with E-state index in [9.17, 15) is 4.39 Å². The Hall–Kier alpha value is -2.47. The van der Waals surface area contributed by atoms with Gasteiger partial charge in [-0.2, -0.15) is 0 Å². The van der Waals surface area contributed by atoms with Crippen LogP contribution < -0.4 is 0 Å². The van der Waals surface area contributed by atoms with Crippen LogP contribution in [-0.2, 0) is 0 Å². The Kier molecular flexibility index (Phi) is 4.51. The van der Waals surface area contributed by atoms with Crippen LogP contribution in [0.1, 0.15) is 38.1 Å². The number of H-pyrrole nitrogens is 1. The molecule has 4 aromatic rings. The number of imidazole rings is 1. The summed E-state index contributed by atoms with van der Waals surface area (Å²) < 4.78 is 16.7. The summed E-state index contributed by atoms with van der Waals surface area (Å²) in [5, 5.41) is 1.07. The Morgan fingerprint density at radius 3 is 2.61 bits per heavy atom. The number of aromatic nitrogens is 4. The third-order valence-electron chi connectivity index (χ3n) is 5.64. The molecule has 4 nitrogen and oxygen atoms in total. The van der Waals surface area contributed by atoms with Crippen molar-refractivity contribution in [1.29, 1.82) is 0 Å². The molecule has 142 valence electrons. The van der Waals surface area contributed by atoms with Crippen LogP contribution in [0.5, 0.6) is 0 Å².